The normalized spacial score (nSPS) is 15.5. The van der Waals surface area contributed by atoms with Crippen molar-refractivity contribution in [1.82, 2.24) is 0 Å². The largest absolute Gasteiger partial charge is 0.297 e. The highest BCUT2D eigenvalue weighted by Crippen LogP contribution is 2.24. The first-order chi connectivity index (χ1) is 5.63. The molecule has 0 radical (unpaired) electrons. The molecule has 3 nitrogen and oxygen atoms in total. The molecule has 0 saturated heterocycles. The van der Waals surface area contributed by atoms with Crippen molar-refractivity contribution in [3.05, 3.63) is 0 Å². The molecule has 0 N–H and O–H groups in total. The van der Waals surface area contributed by atoms with Crippen LogP contribution in [0.5, 0.6) is 0 Å². The summed E-state index contributed by atoms with van der Waals surface area (Å²) in [6.07, 6.45) is 0. The van der Waals surface area contributed by atoms with E-state index in [1.54, 1.807) is 20.8 Å². The molecule has 0 heterocycles. The molecule has 5 heteroatoms. The number of carbonyl (C=O) groups is 1. The van der Waals surface area contributed by atoms with Crippen LogP contribution in [-0.2, 0) is 14.6 Å². The molecule has 0 saturated carbocycles. The predicted octanol–water partition coefficient (Wildman–Crippen LogP) is 1.76. The third-order valence-electron chi connectivity index (χ3n) is 1.66. The van der Waals surface area contributed by atoms with Crippen molar-refractivity contribution in [2.75, 3.05) is 5.75 Å². The Morgan fingerprint density at radius 1 is 1.38 bits per heavy atom. The lowest BCUT2D eigenvalue weighted by molar-refractivity contribution is -0.124. The zero-order valence-corrected chi connectivity index (χ0v) is 10.7. The summed E-state index contributed by atoms with van der Waals surface area (Å²) in [6, 6.07) is 0. The fourth-order valence-electron chi connectivity index (χ4n) is 0.650. The number of Topliss-reactive ketones (excluding diaryl/α,β-unsaturated/α-hetero) is 1. The van der Waals surface area contributed by atoms with Gasteiger partial charge in [0.05, 0.1) is 0 Å². The molecule has 0 spiro atoms. The Balaban J connectivity index is 4.84. The molecule has 0 rings (SSSR count). The zero-order chi connectivity index (χ0) is 10.9. The van der Waals surface area contributed by atoms with Crippen molar-refractivity contribution < 1.29 is 13.2 Å². The van der Waals surface area contributed by atoms with E-state index in [-0.39, 0.29) is 11.5 Å². The summed E-state index contributed by atoms with van der Waals surface area (Å²) in [7, 11) is -3.31. The third-order valence-corrected chi connectivity index (χ3v) is 5.44. The quantitative estimate of drug-likeness (QED) is 0.735. The van der Waals surface area contributed by atoms with Gasteiger partial charge in [0.25, 0.3) is 0 Å². The van der Waals surface area contributed by atoms with Crippen LogP contribution in [0.4, 0.5) is 0 Å². The van der Waals surface area contributed by atoms with Crippen LogP contribution in [-0.4, -0.2) is 24.1 Å². The van der Waals surface area contributed by atoms with E-state index in [0.29, 0.717) is 0 Å². The monoisotopic (exact) mass is 270 g/mol. The first-order valence-electron chi connectivity index (χ1n) is 4.03. The molecule has 0 aromatic carbocycles. The highest BCUT2D eigenvalue weighted by atomic mass is 79.9. The smallest absolute Gasteiger partial charge is 0.175 e. The maximum absolute atomic E-state index is 11.5. The van der Waals surface area contributed by atoms with Gasteiger partial charge in [-0.05, 0) is 0 Å². The van der Waals surface area contributed by atoms with Gasteiger partial charge < -0.3 is 0 Å². The van der Waals surface area contributed by atoms with Gasteiger partial charge in [0.1, 0.15) is 0 Å². The maximum Gasteiger partial charge on any atom is 0.175 e. The molecule has 1 atom stereocenters. The van der Waals surface area contributed by atoms with E-state index < -0.39 is 19.4 Å². The summed E-state index contributed by atoms with van der Waals surface area (Å²) >= 11 is 2.92. The minimum Gasteiger partial charge on any atom is -0.297 e. The lowest BCUT2D eigenvalue weighted by atomic mass is 9.92. The second-order valence-electron chi connectivity index (χ2n) is 3.88. The highest BCUT2D eigenvalue weighted by molar-refractivity contribution is 9.11. The fourth-order valence-corrected chi connectivity index (χ4v) is 3.10. The number of alkyl halides is 1. The molecule has 0 aliphatic carbocycles. The van der Waals surface area contributed by atoms with Crippen LogP contribution in [0.3, 0.4) is 0 Å². The Morgan fingerprint density at radius 3 is 2.00 bits per heavy atom. The Bertz CT molecular complexity index is 287. The van der Waals surface area contributed by atoms with Crippen LogP contribution < -0.4 is 0 Å². The van der Waals surface area contributed by atoms with E-state index in [1.807, 2.05) is 0 Å². The van der Waals surface area contributed by atoms with E-state index >= 15 is 0 Å². The van der Waals surface area contributed by atoms with E-state index in [2.05, 4.69) is 15.9 Å². The summed E-state index contributed by atoms with van der Waals surface area (Å²) in [5.41, 5.74) is -0.629. The molecule has 0 aliphatic rings. The molecule has 0 amide bonds. The molecule has 0 bridgehead atoms. The summed E-state index contributed by atoms with van der Waals surface area (Å²) in [5.74, 6) is -0.320. The van der Waals surface area contributed by atoms with Crippen LogP contribution in [0, 0.1) is 5.41 Å². The fraction of sp³-hybridized carbons (Fsp3) is 0.875. The van der Waals surface area contributed by atoms with E-state index in [0.717, 1.165) is 0 Å². The first kappa shape index (κ1) is 13.1. The Labute approximate surface area is 87.9 Å². The standard InChI is InChI=1S/C8H15BrO3S/c1-5-13(11,12)7(9)6(10)8(2,3)4/h7H,5H2,1-4H3. The number of sulfone groups is 1. The number of carbonyl (C=O) groups excluding carboxylic acids is 1. The van der Waals surface area contributed by atoms with Crippen molar-refractivity contribution in [1.29, 1.82) is 0 Å². The minimum absolute atomic E-state index is 0.0231. The van der Waals surface area contributed by atoms with Crippen molar-refractivity contribution in [2.24, 2.45) is 5.41 Å². The average molecular weight is 271 g/mol. The summed E-state index contributed by atoms with van der Waals surface area (Å²) in [6.45, 7) is 6.64. The van der Waals surface area contributed by atoms with Crippen LogP contribution in [0.2, 0.25) is 0 Å². The van der Waals surface area contributed by atoms with Gasteiger partial charge >= 0.3 is 0 Å². The van der Waals surface area contributed by atoms with E-state index in [9.17, 15) is 13.2 Å². The molecular weight excluding hydrogens is 256 g/mol. The Hall–Kier alpha value is 0.1000. The van der Waals surface area contributed by atoms with E-state index in [4.69, 9.17) is 0 Å². The van der Waals surface area contributed by atoms with Gasteiger partial charge in [-0.15, -0.1) is 0 Å². The second kappa shape index (κ2) is 4.09. The van der Waals surface area contributed by atoms with Gasteiger partial charge in [0.15, 0.2) is 19.8 Å². The highest BCUT2D eigenvalue weighted by Gasteiger charge is 2.35. The van der Waals surface area contributed by atoms with Crippen molar-refractivity contribution in [3.8, 4) is 0 Å². The summed E-state index contributed by atoms with van der Waals surface area (Å²) in [5, 5.41) is 0. The van der Waals surface area contributed by atoms with Crippen molar-refractivity contribution in [3.63, 3.8) is 0 Å². The number of hydrogen-bond donors (Lipinski definition) is 0. The van der Waals surface area contributed by atoms with Gasteiger partial charge in [-0.25, -0.2) is 8.42 Å². The maximum atomic E-state index is 11.5. The van der Waals surface area contributed by atoms with Crippen LogP contribution in [0.25, 0.3) is 0 Å². The molecule has 13 heavy (non-hydrogen) atoms. The van der Waals surface area contributed by atoms with Crippen molar-refractivity contribution >= 4 is 31.6 Å². The third kappa shape index (κ3) is 3.38. The van der Waals surface area contributed by atoms with Gasteiger partial charge in [-0.1, -0.05) is 43.6 Å². The molecule has 0 aromatic rings. The SMILES string of the molecule is CCS(=O)(=O)C(Br)C(=O)C(C)(C)C. The Kier molecular flexibility index (Phi) is 4.12. The number of halogens is 1. The summed E-state index contributed by atoms with van der Waals surface area (Å²) in [4.78, 5) is 11.5. The van der Waals surface area contributed by atoms with Gasteiger partial charge in [0.2, 0.25) is 0 Å². The van der Waals surface area contributed by atoms with Crippen LogP contribution in [0.15, 0.2) is 0 Å². The van der Waals surface area contributed by atoms with Gasteiger partial charge in [-0.3, -0.25) is 4.79 Å². The van der Waals surface area contributed by atoms with Crippen LogP contribution in [0.1, 0.15) is 27.7 Å². The first-order valence-corrected chi connectivity index (χ1v) is 6.66. The second-order valence-corrected chi connectivity index (χ2v) is 7.78. The lowest BCUT2D eigenvalue weighted by Gasteiger charge is -2.20. The topological polar surface area (TPSA) is 51.2 Å². The minimum atomic E-state index is -3.31. The molecule has 0 fully saturated rings. The van der Waals surface area contributed by atoms with Crippen molar-refractivity contribution in [2.45, 2.75) is 31.9 Å². The molecule has 1 unspecified atom stereocenters. The number of hydrogen-bond acceptors (Lipinski definition) is 3. The molecular formula is C8H15BrO3S. The summed E-state index contributed by atoms with van der Waals surface area (Å²) < 4.78 is 21.6. The molecule has 0 aromatic heterocycles. The van der Waals surface area contributed by atoms with Crippen LogP contribution >= 0.6 is 15.9 Å². The Morgan fingerprint density at radius 2 is 1.77 bits per heavy atom. The van der Waals surface area contributed by atoms with Gasteiger partial charge in [0, 0.05) is 11.2 Å². The lowest BCUT2D eigenvalue weighted by Crippen LogP contribution is -2.34. The number of rotatable bonds is 3. The van der Waals surface area contributed by atoms with Gasteiger partial charge in [-0.2, -0.15) is 0 Å². The molecule has 78 valence electrons. The van der Waals surface area contributed by atoms with E-state index in [1.165, 1.54) is 6.92 Å². The average Bonchev–Trinajstić information content (AvgIpc) is 2.00. The number of ketones is 1. The predicted molar refractivity (Wildman–Crippen MR) is 56.6 cm³/mol. The zero-order valence-electron chi connectivity index (χ0n) is 8.30. The molecule has 0 aliphatic heterocycles.